The van der Waals surface area contributed by atoms with Crippen LogP contribution in [-0.4, -0.2) is 28.8 Å². The van der Waals surface area contributed by atoms with Crippen LogP contribution in [0.5, 0.6) is 0 Å². The molecule has 2 N–H and O–H groups in total. The van der Waals surface area contributed by atoms with Gasteiger partial charge in [-0.05, 0) is 52.5 Å². The lowest BCUT2D eigenvalue weighted by atomic mass is 9.75. The number of carbonyl (C=O) groups excluding carboxylic acids is 2. The maximum absolute atomic E-state index is 12.0. The molecular formula is C18H27N3O2. The molecule has 3 atom stereocenters. The Kier molecular flexibility index (Phi) is 5.90. The SMILES string of the molecule is C=C(C)C(=O)CC1(C)CCCC(C)(C(C#N)NC(=O)C(=C)C)N1. The van der Waals surface area contributed by atoms with Crippen molar-refractivity contribution in [2.75, 3.05) is 0 Å². The molecule has 0 radical (unpaired) electrons. The summed E-state index contributed by atoms with van der Waals surface area (Å²) in [4.78, 5) is 23.9. The van der Waals surface area contributed by atoms with E-state index >= 15 is 0 Å². The van der Waals surface area contributed by atoms with E-state index in [1.807, 2.05) is 13.8 Å². The number of amides is 1. The number of ketones is 1. The van der Waals surface area contributed by atoms with Gasteiger partial charge in [-0.2, -0.15) is 5.26 Å². The van der Waals surface area contributed by atoms with E-state index in [9.17, 15) is 14.9 Å². The Balaban J connectivity index is 2.94. The largest absolute Gasteiger partial charge is 0.335 e. The topological polar surface area (TPSA) is 82.0 Å². The van der Waals surface area contributed by atoms with Crippen LogP contribution >= 0.6 is 0 Å². The van der Waals surface area contributed by atoms with Crippen molar-refractivity contribution < 1.29 is 9.59 Å². The number of carbonyl (C=O) groups is 2. The molecule has 5 heteroatoms. The molecule has 5 nitrogen and oxygen atoms in total. The number of nitrogens with one attached hydrogen (secondary N) is 2. The summed E-state index contributed by atoms with van der Waals surface area (Å²) >= 11 is 0. The molecule has 0 saturated carbocycles. The Morgan fingerprint density at radius 2 is 1.87 bits per heavy atom. The Morgan fingerprint density at radius 3 is 2.35 bits per heavy atom. The van der Waals surface area contributed by atoms with Gasteiger partial charge in [-0.25, -0.2) is 0 Å². The van der Waals surface area contributed by atoms with Gasteiger partial charge in [0.25, 0.3) is 0 Å². The van der Waals surface area contributed by atoms with Gasteiger partial charge in [0.05, 0.1) is 6.07 Å². The number of nitrogens with zero attached hydrogens (tertiary/aromatic N) is 1. The summed E-state index contributed by atoms with van der Waals surface area (Å²) in [5.74, 6) is -0.311. The fraction of sp³-hybridized carbons (Fsp3) is 0.611. The number of Topliss-reactive ketones (excluding diaryl/α,β-unsaturated/α-hetero) is 1. The van der Waals surface area contributed by atoms with E-state index in [4.69, 9.17) is 0 Å². The standard InChI is InChI=1S/C18H27N3O2/c1-12(2)14(22)10-17(5)8-7-9-18(6,21-17)15(11-19)20-16(23)13(3)4/h15,21H,1,3,7-10H2,2,4-6H3,(H,20,23). The monoisotopic (exact) mass is 317 g/mol. The van der Waals surface area contributed by atoms with E-state index in [1.54, 1.807) is 13.8 Å². The fourth-order valence-corrected chi connectivity index (χ4v) is 3.10. The summed E-state index contributed by atoms with van der Waals surface area (Å²) in [7, 11) is 0. The van der Waals surface area contributed by atoms with Gasteiger partial charge in [0.1, 0.15) is 6.04 Å². The number of allylic oxidation sites excluding steroid dienone is 1. The van der Waals surface area contributed by atoms with Gasteiger partial charge in [0.2, 0.25) is 5.91 Å². The molecule has 0 aliphatic carbocycles. The van der Waals surface area contributed by atoms with Crippen LogP contribution in [-0.2, 0) is 9.59 Å². The molecule has 0 aromatic heterocycles. The first-order valence-electron chi connectivity index (χ1n) is 7.87. The van der Waals surface area contributed by atoms with Crippen LogP contribution in [0.4, 0.5) is 0 Å². The smallest absolute Gasteiger partial charge is 0.247 e. The van der Waals surface area contributed by atoms with Crippen LogP contribution in [0.3, 0.4) is 0 Å². The van der Waals surface area contributed by atoms with Crippen molar-refractivity contribution >= 4 is 11.7 Å². The fourth-order valence-electron chi connectivity index (χ4n) is 3.10. The van der Waals surface area contributed by atoms with E-state index in [0.29, 0.717) is 17.6 Å². The second-order valence-corrected chi connectivity index (χ2v) is 7.15. The third-order valence-corrected chi connectivity index (χ3v) is 4.47. The Bertz CT molecular complexity index is 575. The highest BCUT2D eigenvalue weighted by atomic mass is 16.1. The second kappa shape index (κ2) is 7.10. The lowest BCUT2D eigenvalue weighted by Crippen LogP contribution is -2.67. The summed E-state index contributed by atoms with van der Waals surface area (Å²) in [5.41, 5.74) is -0.105. The van der Waals surface area contributed by atoms with Crippen molar-refractivity contribution in [3.63, 3.8) is 0 Å². The maximum Gasteiger partial charge on any atom is 0.247 e. The molecule has 0 aromatic carbocycles. The molecule has 126 valence electrons. The zero-order chi connectivity index (χ0) is 17.8. The molecule has 0 aromatic rings. The highest BCUT2D eigenvalue weighted by Gasteiger charge is 2.44. The zero-order valence-electron chi connectivity index (χ0n) is 14.6. The Labute approximate surface area is 138 Å². The molecule has 23 heavy (non-hydrogen) atoms. The zero-order valence-corrected chi connectivity index (χ0v) is 14.6. The maximum atomic E-state index is 12.0. The van der Waals surface area contributed by atoms with Gasteiger partial charge in [-0.1, -0.05) is 13.2 Å². The second-order valence-electron chi connectivity index (χ2n) is 7.15. The van der Waals surface area contributed by atoms with Gasteiger partial charge >= 0.3 is 0 Å². The highest BCUT2D eigenvalue weighted by molar-refractivity contribution is 5.95. The average Bonchev–Trinajstić information content (AvgIpc) is 2.43. The quantitative estimate of drug-likeness (QED) is 0.737. The van der Waals surface area contributed by atoms with Crippen molar-refractivity contribution in [2.45, 2.75) is 70.5 Å². The number of piperidine rings is 1. The van der Waals surface area contributed by atoms with Crippen LogP contribution in [0.1, 0.15) is 53.4 Å². The molecule has 1 aliphatic heterocycles. The van der Waals surface area contributed by atoms with Crippen molar-refractivity contribution in [3.8, 4) is 6.07 Å². The lowest BCUT2D eigenvalue weighted by Gasteiger charge is -2.48. The van der Waals surface area contributed by atoms with Crippen LogP contribution in [0, 0.1) is 11.3 Å². The first-order chi connectivity index (χ1) is 10.5. The molecule has 1 aliphatic rings. The molecule has 1 amide bonds. The summed E-state index contributed by atoms with van der Waals surface area (Å²) < 4.78 is 0. The van der Waals surface area contributed by atoms with E-state index in [2.05, 4.69) is 29.9 Å². The van der Waals surface area contributed by atoms with Crippen LogP contribution in [0.2, 0.25) is 0 Å². The molecule has 0 spiro atoms. The van der Waals surface area contributed by atoms with E-state index < -0.39 is 17.1 Å². The first-order valence-corrected chi connectivity index (χ1v) is 7.87. The van der Waals surface area contributed by atoms with Crippen molar-refractivity contribution in [3.05, 3.63) is 24.3 Å². The number of nitriles is 1. The predicted molar refractivity (Wildman–Crippen MR) is 90.6 cm³/mol. The molecule has 1 rings (SSSR count). The van der Waals surface area contributed by atoms with E-state index in [1.165, 1.54) is 0 Å². The van der Waals surface area contributed by atoms with Crippen molar-refractivity contribution in [1.82, 2.24) is 10.6 Å². The van der Waals surface area contributed by atoms with Crippen molar-refractivity contribution in [1.29, 1.82) is 5.26 Å². The van der Waals surface area contributed by atoms with Gasteiger partial charge < -0.3 is 10.6 Å². The summed E-state index contributed by atoms with van der Waals surface area (Å²) in [6.07, 6.45) is 2.81. The van der Waals surface area contributed by atoms with Gasteiger partial charge in [-0.3, -0.25) is 9.59 Å². The number of rotatable bonds is 6. The van der Waals surface area contributed by atoms with Crippen LogP contribution in [0.15, 0.2) is 24.3 Å². The molecule has 3 unspecified atom stereocenters. The molecule has 1 fully saturated rings. The summed E-state index contributed by atoms with van der Waals surface area (Å²) in [6, 6.07) is 1.49. The normalized spacial score (nSPS) is 28.3. The predicted octanol–water partition coefficient (Wildman–Crippen LogP) is 2.40. The summed E-state index contributed by atoms with van der Waals surface area (Å²) in [6.45, 7) is 14.5. The minimum absolute atomic E-state index is 0.0173. The molecule has 1 heterocycles. The van der Waals surface area contributed by atoms with Crippen LogP contribution in [0.25, 0.3) is 0 Å². The van der Waals surface area contributed by atoms with Crippen molar-refractivity contribution in [2.24, 2.45) is 0 Å². The third kappa shape index (κ3) is 4.77. The molecular weight excluding hydrogens is 290 g/mol. The first kappa shape index (κ1) is 19.1. The van der Waals surface area contributed by atoms with E-state index in [0.717, 1.165) is 19.3 Å². The van der Waals surface area contributed by atoms with Gasteiger partial charge in [0.15, 0.2) is 5.78 Å². The third-order valence-electron chi connectivity index (χ3n) is 4.47. The van der Waals surface area contributed by atoms with Gasteiger partial charge in [-0.15, -0.1) is 0 Å². The summed E-state index contributed by atoms with van der Waals surface area (Å²) in [5, 5.41) is 15.7. The van der Waals surface area contributed by atoms with Gasteiger partial charge in [0, 0.05) is 23.1 Å². The number of hydrogen-bond donors (Lipinski definition) is 2. The number of hydrogen-bond acceptors (Lipinski definition) is 4. The minimum atomic E-state index is -0.689. The van der Waals surface area contributed by atoms with E-state index in [-0.39, 0.29) is 11.7 Å². The molecule has 0 bridgehead atoms. The van der Waals surface area contributed by atoms with Crippen LogP contribution < -0.4 is 10.6 Å². The average molecular weight is 317 g/mol. The Morgan fingerprint density at radius 1 is 1.26 bits per heavy atom. The molecule has 1 saturated heterocycles. The Hall–Kier alpha value is -1.93. The minimum Gasteiger partial charge on any atom is -0.335 e. The highest BCUT2D eigenvalue weighted by Crippen LogP contribution is 2.33. The lowest BCUT2D eigenvalue weighted by molar-refractivity contribution is -0.119.